The number of hydrogen-bond donors (Lipinski definition) is 1. The van der Waals surface area contributed by atoms with Crippen LogP contribution < -0.4 is 4.74 Å². The summed E-state index contributed by atoms with van der Waals surface area (Å²) in [6.45, 7) is 0. The van der Waals surface area contributed by atoms with Crippen molar-refractivity contribution in [3.8, 4) is 12.1 Å². The molecule has 5 heteroatoms. The van der Waals surface area contributed by atoms with Crippen molar-refractivity contribution in [3.05, 3.63) is 23.5 Å². The molecular formula is C9H6FN3O. The summed E-state index contributed by atoms with van der Waals surface area (Å²) in [5, 5.41) is 8.71. The van der Waals surface area contributed by atoms with Crippen LogP contribution in [0.4, 0.5) is 4.39 Å². The number of halogens is 1. The van der Waals surface area contributed by atoms with E-state index in [0.717, 1.165) is 0 Å². The standard InChI is InChI=1S/C9H6FN3O/c1-14-9-12-7-3-2-6(10)5(4-11)8(7)13-9/h2-3H,1H3,(H,12,13). The molecule has 2 rings (SSSR count). The van der Waals surface area contributed by atoms with Gasteiger partial charge in [0.2, 0.25) is 0 Å². The second kappa shape index (κ2) is 3.00. The second-order valence-electron chi connectivity index (χ2n) is 2.68. The lowest BCUT2D eigenvalue weighted by atomic mass is 10.2. The molecule has 1 N–H and O–H groups in total. The summed E-state index contributed by atoms with van der Waals surface area (Å²) in [5.41, 5.74) is 0.811. The molecule has 0 amide bonds. The molecule has 0 saturated heterocycles. The molecule has 0 unspecified atom stereocenters. The van der Waals surface area contributed by atoms with E-state index in [1.54, 1.807) is 6.07 Å². The van der Waals surface area contributed by atoms with Crippen LogP contribution in [-0.2, 0) is 0 Å². The third-order valence-corrected chi connectivity index (χ3v) is 1.89. The average molecular weight is 191 g/mol. The van der Waals surface area contributed by atoms with E-state index in [2.05, 4.69) is 9.97 Å². The Kier molecular flexibility index (Phi) is 1.82. The number of nitriles is 1. The minimum atomic E-state index is -0.575. The van der Waals surface area contributed by atoms with Crippen LogP contribution in [-0.4, -0.2) is 17.1 Å². The summed E-state index contributed by atoms with van der Waals surface area (Å²) in [6, 6.07) is 4.76. The number of ether oxygens (including phenoxy) is 1. The SMILES string of the molecule is COc1nc2c(C#N)c(F)ccc2[nH]1. The number of aromatic nitrogens is 2. The second-order valence-corrected chi connectivity index (χ2v) is 2.68. The molecule has 0 aliphatic rings. The van der Waals surface area contributed by atoms with Gasteiger partial charge in [0.25, 0.3) is 6.01 Å². The zero-order valence-electron chi connectivity index (χ0n) is 7.34. The fourth-order valence-electron chi connectivity index (χ4n) is 1.23. The molecule has 1 aromatic carbocycles. The maximum absolute atomic E-state index is 13.1. The van der Waals surface area contributed by atoms with Gasteiger partial charge < -0.3 is 9.72 Å². The number of imidazole rings is 1. The fraction of sp³-hybridized carbons (Fsp3) is 0.111. The third-order valence-electron chi connectivity index (χ3n) is 1.89. The Hall–Kier alpha value is -2.09. The highest BCUT2D eigenvalue weighted by Crippen LogP contribution is 2.21. The minimum Gasteiger partial charge on any atom is -0.468 e. The van der Waals surface area contributed by atoms with Crippen molar-refractivity contribution in [2.45, 2.75) is 0 Å². The van der Waals surface area contributed by atoms with Crippen LogP contribution >= 0.6 is 0 Å². The van der Waals surface area contributed by atoms with Gasteiger partial charge in [-0.15, -0.1) is 0 Å². The minimum absolute atomic E-state index is 0.0675. The van der Waals surface area contributed by atoms with Crippen molar-refractivity contribution in [3.63, 3.8) is 0 Å². The van der Waals surface area contributed by atoms with Crippen molar-refractivity contribution in [1.29, 1.82) is 5.26 Å². The average Bonchev–Trinajstić information content (AvgIpc) is 2.60. The summed E-state index contributed by atoms with van der Waals surface area (Å²) in [5.74, 6) is -0.575. The van der Waals surface area contributed by atoms with Crippen LogP contribution in [0.1, 0.15) is 5.56 Å². The van der Waals surface area contributed by atoms with E-state index >= 15 is 0 Å². The van der Waals surface area contributed by atoms with Gasteiger partial charge in [0.05, 0.1) is 12.6 Å². The van der Waals surface area contributed by atoms with E-state index in [0.29, 0.717) is 11.0 Å². The number of methoxy groups -OCH3 is 1. The van der Waals surface area contributed by atoms with E-state index in [1.807, 2.05) is 0 Å². The Morgan fingerprint density at radius 1 is 1.57 bits per heavy atom. The summed E-state index contributed by atoms with van der Waals surface area (Å²) in [6.07, 6.45) is 0. The van der Waals surface area contributed by atoms with Gasteiger partial charge >= 0.3 is 0 Å². The maximum Gasteiger partial charge on any atom is 0.294 e. The molecule has 70 valence electrons. The van der Waals surface area contributed by atoms with Gasteiger partial charge in [-0.2, -0.15) is 10.2 Å². The molecule has 1 aromatic heterocycles. The lowest BCUT2D eigenvalue weighted by Crippen LogP contribution is -1.85. The number of benzene rings is 1. The number of H-pyrrole nitrogens is 1. The van der Waals surface area contributed by atoms with Gasteiger partial charge in [-0.3, -0.25) is 0 Å². The molecule has 0 fully saturated rings. The predicted molar refractivity (Wildman–Crippen MR) is 47.3 cm³/mol. The Bertz CT molecular complexity index is 527. The number of nitrogens with one attached hydrogen (secondary N) is 1. The summed E-state index contributed by atoms with van der Waals surface area (Å²) in [7, 11) is 1.44. The molecule has 0 saturated carbocycles. The molecule has 2 aromatic rings. The molecule has 0 radical (unpaired) electrons. The molecule has 1 heterocycles. The Morgan fingerprint density at radius 3 is 3.00 bits per heavy atom. The number of nitrogens with zero attached hydrogens (tertiary/aromatic N) is 2. The van der Waals surface area contributed by atoms with Crippen molar-refractivity contribution >= 4 is 11.0 Å². The van der Waals surface area contributed by atoms with E-state index < -0.39 is 5.82 Å². The van der Waals surface area contributed by atoms with E-state index in [9.17, 15) is 4.39 Å². The maximum atomic E-state index is 13.1. The van der Waals surface area contributed by atoms with Crippen molar-refractivity contribution in [2.75, 3.05) is 7.11 Å². The van der Waals surface area contributed by atoms with Gasteiger partial charge in [0, 0.05) is 0 Å². The molecule has 14 heavy (non-hydrogen) atoms. The monoisotopic (exact) mass is 191 g/mol. The highest BCUT2D eigenvalue weighted by atomic mass is 19.1. The highest BCUT2D eigenvalue weighted by Gasteiger charge is 2.11. The number of hydrogen-bond acceptors (Lipinski definition) is 3. The van der Waals surface area contributed by atoms with E-state index in [4.69, 9.17) is 10.00 Å². The quantitative estimate of drug-likeness (QED) is 0.744. The Labute approximate surface area is 78.9 Å². The van der Waals surface area contributed by atoms with Crippen LogP contribution in [0.25, 0.3) is 11.0 Å². The largest absolute Gasteiger partial charge is 0.468 e. The molecule has 0 aliphatic carbocycles. The van der Waals surface area contributed by atoms with Crippen molar-refractivity contribution < 1.29 is 9.13 Å². The third kappa shape index (κ3) is 1.09. The first kappa shape index (κ1) is 8.51. The van der Waals surface area contributed by atoms with Gasteiger partial charge in [-0.25, -0.2) is 4.39 Å². The zero-order valence-corrected chi connectivity index (χ0v) is 7.34. The van der Waals surface area contributed by atoms with Crippen LogP contribution in [0, 0.1) is 17.1 Å². The normalized spacial score (nSPS) is 10.1. The van der Waals surface area contributed by atoms with Gasteiger partial charge in [0.1, 0.15) is 23.0 Å². The van der Waals surface area contributed by atoms with Crippen LogP contribution in [0.5, 0.6) is 6.01 Å². The predicted octanol–water partition coefficient (Wildman–Crippen LogP) is 1.58. The van der Waals surface area contributed by atoms with Gasteiger partial charge in [-0.1, -0.05) is 0 Å². The van der Waals surface area contributed by atoms with Gasteiger partial charge in [0.15, 0.2) is 0 Å². The zero-order chi connectivity index (χ0) is 10.1. The summed E-state index contributed by atoms with van der Waals surface area (Å²) < 4.78 is 18.0. The van der Waals surface area contributed by atoms with Crippen LogP contribution in [0.2, 0.25) is 0 Å². The first-order valence-corrected chi connectivity index (χ1v) is 3.88. The summed E-state index contributed by atoms with van der Waals surface area (Å²) >= 11 is 0. The first-order chi connectivity index (χ1) is 6.76. The number of fused-ring (bicyclic) bond motifs is 1. The molecular weight excluding hydrogens is 185 g/mol. The van der Waals surface area contributed by atoms with E-state index in [-0.39, 0.29) is 11.6 Å². The topological polar surface area (TPSA) is 61.7 Å². The van der Waals surface area contributed by atoms with Gasteiger partial charge in [-0.05, 0) is 12.1 Å². The molecule has 0 spiro atoms. The molecule has 0 bridgehead atoms. The van der Waals surface area contributed by atoms with Crippen LogP contribution in [0.3, 0.4) is 0 Å². The number of aromatic amines is 1. The van der Waals surface area contributed by atoms with E-state index in [1.165, 1.54) is 19.2 Å². The molecule has 0 atom stereocenters. The summed E-state index contributed by atoms with van der Waals surface area (Å²) in [4.78, 5) is 6.72. The lowest BCUT2D eigenvalue weighted by Gasteiger charge is -1.92. The Morgan fingerprint density at radius 2 is 2.36 bits per heavy atom. The first-order valence-electron chi connectivity index (χ1n) is 3.88. The van der Waals surface area contributed by atoms with Crippen LogP contribution in [0.15, 0.2) is 12.1 Å². The smallest absolute Gasteiger partial charge is 0.294 e. The highest BCUT2D eigenvalue weighted by molar-refractivity contribution is 5.82. The van der Waals surface area contributed by atoms with Crippen molar-refractivity contribution in [2.24, 2.45) is 0 Å². The fourth-order valence-corrected chi connectivity index (χ4v) is 1.23. The van der Waals surface area contributed by atoms with Crippen molar-refractivity contribution in [1.82, 2.24) is 9.97 Å². The molecule has 0 aliphatic heterocycles. The lowest BCUT2D eigenvalue weighted by molar-refractivity contribution is 0.386. The molecule has 4 nitrogen and oxygen atoms in total. The number of rotatable bonds is 1. The Balaban J connectivity index is 2.81.